The molecular formula is C12H17N5O4. The van der Waals surface area contributed by atoms with E-state index in [9.17, 15) is 10.4 Å². The van der Waals surface area contributed by atoms with Gasteiger partial charge in [0.2, 0.25) is 18.2 Å². The predicted octanol–water partition coefficient (Wildman–Crippen LogP) is -2.12. The number of benzene rings is 1. The third kappa shape index (κ3) is 2.64. The first-order chi connectivity index (χ1) is 10.1. The molecule has 3 N–H and O–H groups in total. The average Bonchev–Trinajstić information content (AvgIpc) is 2.89. The van der Waals surface area contributed by atoms with Crippen molar-refractivity contribution >= 4 is 17.3 Å². The van der Waals surface area contributed by atoms with E-state index in [-0.39, 0.29) is 28.7 Å². The van der Waals surface area contributed by atoms with E-state index < -0.39 is 0 Å². The normalized spacial score (nSPS) is 25.1. The summed E-state index contributed by atoms with van der Waals surface area (Å²) in [7, 11) is 3.83. The van der Waals surface area contributed by atoms with E-state index in [0.29, 0.717) is 30.3 Å². The number of guanidine groups is 1. The molecule has 0 spiro atoms. The number of aliphatic imine (C=N–C) groups is 1. The van der Waals surface area contributed by atoms with Gasteiger partial charge in [-0.3, -0.25) is 5.06 Å². The fraction of sp³-hybridized carbons (Fsp3) is 0.417. The van der Waals surface area contributed by atoms with Crippen LogP contribution in [0.4, 0.5) is 11.4 Å². The Kier molecular flexibility index (Phi) is 3.66. The molecule has 0 amide bonds. The Balaban J connectivity index is 1.88. The first-order valence-corrected chi connectivity index (χ1v) is 6.55. The minimum Gasteiger partial charge on any atom is -0.621 e. The molecule has 21 heavy (non-hydrogen) atoms. The van der Waals surface area contributed by atoms with Gasteiger partial charge in [-0.1, -0.05) is 0 Å². The maximum atomic E-state index is 12.4. The summed E-state index contributed by atoms with van der Waals surface area (Å²) in [5, 5.41) is 23.8. The second-order valence-electron chi connectivity index (χ2n) is 5.07. The van der Waals surface area contributed by atoms with Crippen molar-refractivity contribution in [2.75, 3.05) is 34.0 Å². The lowest BCUT2D eigenvalue weighted by Gasteiger charge is -2.34. The van der Waals surface area contributed by atoms with Gasteiger partial charge in [-0.2, -0.15) is 5.43 Å². The molecule has 0 saturated carbocycles. The number of hydrogen-bond donors (Lipinski definition) is 3. The summed E-state index contributed by atoms with van der Waals surface area (Å²) in [6, 6.07) is 3.07. The Hall–Kier alpha value is -1.91. The molecule has 1 aromatic rings. The summed E-state index contributed by atoms with van der Waals surface area (Å²) in [6.07, 6.45) is 0. The molecule has 0 saturated heterocycles. The molecule has 0 fully saturated rings. The zero-order valence-corrected chi connectivity index (χ0v) is 11.8. The van der Waals surface area contributed by atoms with Gasteiger partial charge in [0, 0.05) is 6.54 Å². The van der Waals surface area contributed by atoms with Crippen LogP contribution >= 0.6 is 0 Å². The van der Waals surface area contributed by atoms with Crippen LogP contribution in [0.2, 0.25) is 0 Å². The van der Waals surface area contributed by atoms with Crippen LogP contribution < -0.4 is 25.1 Å². The molecule has 3 rings (SSSR count). The third-order valence-corrected chi connectivity index (χ3v) is 3.27. The van der Waals surface area contributed by atoms with Gasteiger partial charge in [-0.25, -0.2) is 10.2 Å². The van der Waals surface area contributed by atoms with E-state index in [4.69, 9.17) is 9.47 Å². The summed E-state index contributed by atoms with van der Waals surface area (Å²) in [6.45, 7) is 1.23. The molecule has 2 aliphatic rings. The second-order valence-corrected chi connectivity index (χ2v) is 5.07. The van der Waals surface area contributed by atoms with Crippen molar-refractivity contribution in [3.63, 3.8) is 0 Å². The lowest BCUT2D eigenvalue weighted by Crippen LogP contribution is -3.23. The summed E-state index contributed by atoms with van der Waals surface area (Å²) in [5.41, 5.74) is 3.12. The lowest BCUT2D eigenvalue weighted by atomic mass is 10.2. The lowest BCUT2D eigenvalue weighted by molar-refractivity contribution is -0.851. The Bertz CT molecular complexity index is 577. The van der Waals surface area contributed by atoms with Crippen molar-refractivity contribution in [2.24, 2.45) is 4.99 Å². The maximum absolute atomic E-state index is 12.4. The highest BCUT2D eigenvalue weighted by molar-refractivity contribution is 5.77. The van der Waals surface area contributed by atoms with Gasteiger partial charge in [0.25, 0.3) is 0 Å². The largest absolute Gasteiger partial charge is 0.621 e. The molecule has 1 aromatic carbocycles. The number of likely N-dealkylation sites (N-methyl/N-ethyl adjacent to an activating group) is 1. The summed E-state index contributed by atoms with van der Waals surface area (Å²) in [5.74, 6) is 1.03. The van der Waals surface area contributed by atoms with Gasteiger partial charge in [0.1, 0.15) is 0 Å². The third-order valence-electron chi connectivity index (χ3n) is 3.27. The summed E-state index contributed by atoms with van der Waals surface area (Å²) in [4.78, 5) is 6.12. The highest BCUT2D eigenvalue weighted by Crippen LogP contribution is 2.37. The number of hydrogen-bond acceptors (Lipinski definition) is 6. The van der Waals surface area contributed by atoms with Crippen LogP contribution in [0.3, 0.4) is 0 Å². The Labute approximate surface area is 121 Å². The van der Waals surface area contributed by atoms with Gasteiger partial charge in [-0.15, -0.1) is 0 Å². The number of quaternary nitrogens is 2. The Morgan fingerprint density at radius 2 is 1.90 bits per heavy atom. The number of fused-ring (bicyclic) bond motifs is 2. The Morgan fingerprint density at radius 1 is 1.24 bits per heavy atom. The zero-order valence-electron chi connectivity index (χ0n) is 11.8. The number of hydroxylamine groups is 1. The van der Waals surface area contributed by atoms with Crippen molar-refractivity contribution in [3.05, 3.63) is 22.5 Å². The van der Waals surface area contributed by atoms with E-state index in [2.05, 4.69) is 10.4 Å². The zero-order chi connectivity index (χ0) is 15.0. The maximum Gasteiger partial charge on any atom is 0.347 e. The predicted molar refractivity (Wildman–Crippen MR) is 74.5 cm³/mol. The fourth-order valence-corrected chi connectivity index (χ4v) is 2.15. The van der Waals surface area contributed by atoms with Gasteiger partial charge < -0.3 is 24.8 Å². The van der Waals surface area contributed by atoms with E-state index >= 15 is 0 Å². The summed E-state index contributed by atoms with van der Waals surface area (Å²) < 4.78 is 10.5. The molecule has 0 radical (unpaired) electrons. The van der Waals surface area contributed by atoms with Crippen molar-refractivity contribution in [3.8, 4) is 11.5 Å². The average molecular weight is 295 g/mol. The van der Waals surface area contributed by atoms with Crippen molar-refractivity contribution < 1.29 is 19.7 Å². The van der Waals surface area contributed by atoms with Crippen LogP contribution in [0.5, 0.6) is 11.5 Å². The number of nitrogens with one attached hydrogen (secondary N) is 3. The molecule has 0 bridgehead atoms. The van der Waals surface area contributed by atoms with Crippen LogP contribution in [0.1, 0.15) is 0 Å². The highest BCUT2D eigenvalue weighted by atomic mass is 16.7. The SMILES string of the molecule is CN(C)CCN=C1N[NH+]([O-])c2cc3c(cc2[NH+]1[O-])OCO3. The minimum absolute atomic E-state index is 0.0771. The molecule has 9 heteroatoms. The van der Waals surface area contributed by atoms with Crippen molar-refractivity contribution in [1.82, 2.24) is 10.3 Å². The number of ether oxygens (including phenoxy) is 2. The Morgan fingerprint density at radius 3 is 2.57 bits per heavy atom. The first-order valence-electron chi connectivity index (χ1n) is 6.55. The quantitative estimate of drug-likeness (QED) is 0.551. The molecule has 0 aromatic heterocycles. The van der Waals surface area contributed by atoms with Crippen LogP contribution in [0, 0.1) is 10.4 Å². The van der Waals surface area contributed by atoms with Crippen LogP contribution in [0.15, 0.2) is 17.1 Å². The monoisotopic (exact) mass is 295 g/mol. The first kappa shape index (κ1) is 14.0. The van der Waals surface area contributed by atoms with Gasteiger partial charge >= 0.3 is 5.96 Å². The van der Waals surface area contributed by atoms with Crippen LogP contribution in [-0.2, 0) is 0 Å². The molecule has 0 aliphatic carbocycles. The van der Waals surface area contributed by atoms with E-state index in [1.807, 2.05) is 19.0 Å². The van der Waals surface area contributed by atoms with Crippen LogP contribution in [-0.4, -0.2) is 44.8 Å². The molecule has 2 unspecified atom stereocenters. The standard InChI is InChI=1S/C12H17N5O4/c1-15(2)4-3-13-12-14-17(19)9-6-11-10(20-7-21-11)5-8(9)16(12)18/h5-6,16-17H,3-4,7H2,1-2H3,(H,13,14). The van der Waals surface area contributed by atoms with Gasteiger partial charge in [0.05, 0.1) is 18.7 Å². The van der Waals surface area contributed by atoms with Gasteiger partial charge in [-0.05, 0) is 14.1 Å². The summed E-state index contributed by atoms with van der Waals surface area (Å²) >= 11 is 0. The van der Waals surface area contributed by atoms with Crippen LogP contribution in [0.25, 0.3) is 0 Å². The van der Waals surface area contributed by atoms with E-state index in [0.717, 1.165) is 0 Å². The van der Waals surface area contributed by atoms with E-state index in [1.54, 1.807) is 6.07 Å². The second kappa shape index (κ2) is 5.47. The molecule has 2 heterocycles. The molecule has 114 valence electrons. The molecule has 2 aliphatic heterocycles. The van der Waals surface area contributed by atoms with Gasteiger partial charge in [0.15, 0.2) is 11.5 Å². The number of rotatable bonds is 3. The fourth-order valence-electron chi connectivity index (χ4n) is 2.15. The van der Waals surface area contributed by atoms with Crippen molar-refractivity contribution in [2.45, 2.75) is 0 Å². The van der Waals surface area contributed by atoms with E-state index in [1.165, 1.54) is 6.07 Å². The minimum atomic E-state index is -0.355. The molecule has 2 atom stereocenters. The molecule has 9 nitrogen and oxygen atoms in total. The smallest absolute Gasteiger partial charge is 0.347 e. The topological polar surface area (TPSA) is 101 Å². The number of nitrogens with zero attached hydrogens (tertiary/aromatic N) is 2. The molecular weight excluding hydrogens is 278 g/mol. The van der Waals surface area contributed by atoms with Crippen molar-refractivity contribution in [1.29, 1.82) is 0 Å². The highest BCUT2D eigenvalue weighted by Gasteiger charge is 2.32.